The second-order valence-corrected chi connectivity index (χ2v) is 9.87. The van der Waals surface area contributed by atoms with Crippen LogP contribution in [0.3, 0.4) is 0 Å². The second kappa shape index (κ2) is 11.2. The number of amides is 1. The normalized spacial score (nSPS) is 17.8. The zero-order valence-corrected chi connectivity index (χ0v) is 22.0. The van der Waals surface area contributed by atoms with Gasteiger partial charge in [-0.15, -0.1) is 0 Å². The molecule has 8 heteroatoms. The molecule has 1 heterocycles. The van der Waals surface area contributed by atoms with E-state index >= 15 is 0 Å². The molecule has 0 N–H and O–H groups in total. The predicted molar refractivity (Wildman–Crippen MR) is 141 cm³/mol. The van der Waals surface area contributed by atoms with E-state index in [1.807, 2.05) is 36.4 Å². The minimum absolute atomic E-state index is 0.0223. The van der Waals surface area contributed by atoms with Gasteiger partial charge in [0.15, 0.2) is 0 Å². The summed E-state index contributed by atoms with van der Waals surface area (Å²) in [7, 11) is 0. The third kappa shape index (κ3) is 5.92. The average Bonchev–Trinajstić information content (AvgIpc) is 2.83. The number of nitrogens with zero attached hydrogens (tertiary/aromatic N) is 1. The van der Waals surface area contributed by atoms with E-state index in [4.69, 9.17) is 9.47 Å². The van der Waals surface area contributed by atoms with Crippen LogP contribution in [0.25, 0.3) is 0 Å². The second-order valence-electron chi connectivity index (χ2n) is 8.63. The van der Waals surface area contributed by atoms with E-state index in [0.29, 0.717) is 24.2 Å². The Hall–Kier alpha value is -3.27. The van der Waals surface area contributed by atoms with Crippen LogP contribution in [0.2, 0.25) is 0 Å². The smallest absolute Gasteiger partial charge is 0.308 e. The molecule has 1 saturated heterocycles. The van der Waals surface area contributed by atoms with Crippen LogP contribution in [-0.4, -0.2) is 17.8 Å². The fraction of sp³-hybridized carbons (Fsp3) is 0.250. The van der Waals surface area contributed by atoms with Crippen molar-refractivity contribution in [1.82, 2.24) is 0 Å². The lowest BCUT2D eigenvalue weighted by Crippen LogP contribution is -2.55. The first kappa shape index (κ1) is 25.8. The van der Waals surface area contributed by atoms with Gasteiger partial charge in [0, 0.05) is 23.1 Å². The zero-order chi connectivity index (χ0) is 25.8. The molecule has 1 aliphatic heterocycles. The van der Waals surface area contributed by atoms with Gasteiger partial charge in [0.2, 0.25) is 5.91 Å². The number of β-lactam (4-membered cyclic amide) rings is 1. The molecule has 0 spiro atoms. The van der Waals surface area contributed by atoms with E-state index in [1.54, 1.807) is 29.2 Å². The predicted octanol–water partition coefficient (Wildman–Crippen LogP) is 6.14. The number of halogens is 2. The van der Waals surface area contributed by atoms with Crippen molar-refractivity contribution in [2.75, 3.05) is 4.90 Å². The lowest BCUT2D eigenvalue weighted by Gasteiger charge is -2.48. The molecule has 0 aliphatic carbocycles. The van der Waals surface area contributed by atoms with Crippen LogP contribution in [-0.2, 0) is 19.1 Å². The third-order valence-electron chi connectivity index (χ3n) is 6.09. The summed E-state index contributed by atoms with van der Waals surface area (Å²) in [5.74, 6) is -1.16. The van der Waals surface area contributed by atoms with Crippen molar-refractivity contribution in [3.05, 3.63) is 93.3 Å². The number of rotatable bonds is 8. The van der Waals surface area contributed by atoms with E-state index in [2.05, 4.69) is 22.6 Å². The van der Waals surface area contributed by atoms with Crippen LogP contribution in [0, 0.1) is 15.3 Å². The Balaban J connectivity index is 1.59. The van der Waals surface area contributed by atoms with Crippen LogP contribution in [0.4, 0.5) is 10.1 Å². The van der Waals surface area contributed by atoms with E-state index in [1.165, 1.54) is 26.0 Å². The number of carbonyl (C=O) groups excluding carboxylic acids is 3. The summed E-state index contributed by atoms with van der Waals surface area (Å²) in [4.78, 5) is 38.1. The standard InChI is InChI=1S/C28H25FINO5/c1-17(32)35-24-13-5-20(6-14-24)27-25(28(34)31(27)23-11-9-22(30)10-12-23)15-16-26(36-18(2)33)19-3-7-21(29)8-4-19/h3-14,25-27H,15-16H2,1-2H3. The monoisotopic (exact) mass is 601 g/mol. The van der Waals surface area contributed by atoms with Gasteiger partial charge in [-0.3, -0.25) is 14.4 Å². The lowest BCUT2D eigenvalue weighted by molar-refractivity contribution is -0.147. The van der Waals surface area contributed by atoms with Gasteiger partial charge in [-0.25, -0.2) is 4.39 Å². The van der Waals surface area contributed by atoms with Crippen molar-refractivity contribution in [3.63, 3.8) is 0 Å². The van der Waals surface area contributed by atoms with Gasteiger partial charge in [-0.05, 0) is 95.1 Å². The van der Waals surface area contributed by atoms with Crippen molar-refractivity contribution >= 4 is 46.1 Å². The molecule has 36 heavy (non-hydrogen) atoms. The van der Waals surface area contributed by atoms with Crippen molar-refractivity contribution in [2.24, 2.45) is 5.92 Å². The van der Waals surface area contributed by atoms with E-state index in [0.717, 1.165) is 14.8 Å². The number of carbonyl (C=O) groups is 3. The zero-order valence-electron chi connectivity index (χ0n) is 19.8. The van der Waals surface area contributed by atoms with E-state index in [-0.39, 0.29) is 23.7 Å². The molecule has 3 aromatic rings. The Morgan fingerprint density at radius 1 is 0.944 bits per heavy atom. The molecule has 3 atom stereocenters. The topological polar surface area (TPSA) is 72.9 Å². The van der Waals surface area contributed by atoms with Crippen LogP contribution in [0.15, 0.2) is 72.8 Å². The highest BCUT2D eigenvalue weighted by Gasteiger charge is 2.48. The lowest BCUT2D eigenvalue weighted by atomic mass is 9.78. The summed E-state index contributed by atoms with van der Waals surface area (Å²) >= 11 is 2.22. The number of anilines is 1. The third-order valence-corrected chi connectivity index (χ3v) is 6.81. The maximum atomic E-state index is 13.4. The molecule has 0 bridgehead atoms. The first-order valence-electron chi connectivity index (χ1n) is 11.5. The average molecular weight is 601 g/mol. The van der Waals surface area contributed by atoms with E-state index in [9.17, 15) is 18.8 Å². The first-order valence-corrected chi connectivity index (χ1v) is 12.6. The minimum atomic E-state index is -0.588. The first-order chi connectivity index (χ1) is 17.2. The molecule has 4 rings (SSSR count). The number of benzene rings is 3. The molecule has 186 valence electrons. The fourth-order valence-corrected chi connectivity index (χ4v) is 4.86. The summed E-state index contributed by atoms with van der Waals surface area (Å²) in [5, 5.41) is 0. The molecule has 1 fully saturated rings. The summed E-state index contributed by atoms with van der Waals surface area (Å²) in [6.07, 6.45) is 0.283. The Morgan fingerprint density at radius 3 is 2.17 bits per heavy atom. The Morgan fingerprint density at radius 2 is 1.58 bits per heavy atom. The van der Waals surface area contributed by atoms with Gasteiger partial charge in [0.05, 0.1) is 12.0 Å². The number of hydrogen-bond acceptors (Lipinski definition) is 5. The molecular formula is C28H25FINO5. The maximum absolute atomic E-state index is 13.4. The SMILES string of the molecule is CC(=O)Oc1ccc(C2C(CCC(OC(C)=O)c3ccc(F)cc3)C(=O)N2c2ccc(I)cc2)cc1. The Kier molecular flexibility index (Phi) is 8.03. The molecule has 1 aliphatic rings. The summed E-state index contributed by atoms with van der Waals surface area (Å²) < 4.78 is 25.1. The van der Waals surface area contributed by atoms with Crippen LogP contribution >= 0.6 is 22.6 Å². The summed E-state index contributed by atoms with van der Waals surface area (Å²) in [6.45, 7) is 2.67. The maximum Gasteiger partial charge on any atom is 0.308 e. The molecule has 1 amide bonds. The molecule has 0 aromatic heterocycles. The van der Waals surface area contributed by atoms with Gasteiger partial charge in [0.25, 0.3) is 0 Å². The molecule has 0 saturated carbocycles. The van der Waals surface area contributed by atoms with Gasteiger partial charge in [0.1, 0.15) is 17.7 Å². The number of esters is 2. The highest BCUT2D eigenvalue weighted by molar-refractivity contribution is 14.1. The van der Waals surface area contributed by atoms with Crippen molar-refractivity contribution in [1.29, 1.82) is 0 Å². The van der Waals surface area contributed by atoms with Gasteiger partial charge in [-0.1, -0.05) is 24.3 Å². The van der Waals surface area contributed by atoms with Crippen LogP contribution in [0.5, 0.6) is 5.75 Å². The quantitative estimate of drug-likeness (QED) is 0.134. The Labute approximate surface area is 222 Å². The van der Waals surface area contributed by atoms with E-state index < -0.39 is 18.0 Å². The van der Waals surface area contributed by atoms with Crippen molar-refractivity contribution < 1.29 is 28.2 Å². The van der Waals surface area contributed by atoms with Crippen LogP contribution < -0.4 is 9.64 Å². The fourth-order valence-electron chi connectivity index (χ4n) is 4.50. The minimum Gasteiger partial charge on any atom is -0.458 e. The highest BCUT2D eigenvalue weighted by Crippen LogP contribution is 2.46. The van der Waals surface area contributed by atoms with Gasteiger partial charge >= 0.3 is 11.9 Å². The van der Waals surface area contributed by atoms with Gasteiger partial charge < -0.3 is 14.4 Å². The van der Waals surface area contributed by atoms with Gasteiger partial charge in [-0.2, -0.15) is 0 Å². The largest absolute Gasteiger partial charge is 0.458 e. The molecular weight excluding hydrogens is 576 g/mol. The Bertz CT molecular complexity index is 1240. The molecule has 6 nitrogen and oxygen atoms in total. The van der Waals surface area contributed by atoms with Crippen molar-refractivity contribution in [3.8, 4) is 5.75 Å². The van der Waals surface area contributed by atoms with Crippen molar-refractivity contribution in [2.45, 2.75) is 38.8 Å². The van der Waals surface area contributed by atoms with Crippen LogP contribution in [0.1, 0.15) is 50.0 Å². The summed E-state index contributed by atoms with van der Waals surface area (Å²) in [5.41, 5.74) is 2.37. The number of ether oxygens (including phenoxy) is 2. The number of hydrogen-bond donors (Lipinski definition) is 0. The molecule has 3 aromatic carbocycles. The summed E-state index contributed by atoms with van der Waals surface area (Å²) in [6, 6.07) is 20.4. The highest BCUT2D eigenvalue weighted by atomic mass is 127. The molecule has 3 unspecified atom stereocenters. The molecule has 0 radical (unpaired) electrons.